The maximum Gasteiger partial charge on any atom is 0.407 e. The van der Waals surface area contributed by atoms with Gasteiger partial charge in [-0.25, -0.2) is 4.79 Å². The standard InChI is InChI=1S/C13H15ClN6O3/c1-7-4-11(19-18-7)16-10-5-9(14)15-12(17-10)23-8-2-3-20(6-8)13(21)22/h4-5,8H,2-3,6H2,1H3,(H,21,22)(H2,15,16,17,18,19)/t8-/m0/s1. The predicted molar refractivity (Wildman–Crippen MR) is 82.3 cm³/mol. The average Bonchev–Trinajstić information content (AvgIpc) is 3.07. The number of aromatic amines is 1. The number of anilines is 2. The molecule has 1 atom stereocenters. The second-order valence-electron chi connectivity index (χ2n) is 5.16. The molecule has 23 heavy (non-hydrogen) atoms. The van der Waals surface area contributed by atoms with Crippen molar-refractivity contribution in [1.29, 1.82) is 0 Å². The highest BCUT2D eigenvalue weighted by atomic mass is 35.5. The Morgan fingerprint density at radius 3 is 3.00 bits per heavy atom. The van der Waals surface area contributed by atoms with E-state index in [0.29, 0.717) is 24.6 Å². The molecular weight excluding hydrogens is 324 g/mol. The van der Waals surface area contributed by atoms with Crippen LogP contribution in [-0.2, 0) is 0 Å². The minimum absolute atomic E-state index is 0.105. The number of hydrogen-bond acceptors (Lipinski definition) is 6. The fourth-order valence-electron chi connectivity index (χ4n) is 2.28. The lowest BCUT2D eigenvalue weighted by Gasteiger charge is -2.14. The molecule has 1 saturated heterocycles. The van der Waals surface area contributed by atoms with E-state index >= 15 is 0 Å². The van der Waals surface area contributed by atoms with E-state index in [2.05, 4.69) is 25.5 Å². The first-order chi connectivity index (χ1) is 11.0. The Hall–Kier alpha value is -2.55. The van der Waals surface area contributed by atoms with Gasteiger partial charge in [0.2, 0.25) is 0 Å². The third-order valence-electron chi connectivity index (χ3n) is 3.33. The van der Waals surface area contributed by atoms with Crippen LogP contribution in [0.15, 0.2) is 12.1 Å². The molecule has 1 aliphatic rings. The van der Waals surface area contributed by atoms with E-state index in [9.17, 15) is 4.79 Å². The molecule has 0 unspecified atom stereocenters. The summed E-state index contributed by atoms with van der Waals surface area (Å²) >= 11 is 5.98. The maximum atomic E-state index is 10.9. The molecule has 9 nitrogen and oxygen atoms in total. The molecule has 0 saturated carbocycles. The lowest BCUT2D eigenvalue weighted by atomic mass is 10.3. The van der Waals surface area contributed by atoms with Crippen LogP contribution in [-0.4, -0.2) is 55.5 Å². The van der Waals surface area contributed by atoms with Crippen molar-refractivity contribution in [3.8, 4) is 6.01 Å². The zero-order chi connectivity index (χ0) is 16.4. The Morgan fingerprint density at radius 1 is 1.52 bits per heavy atom. The molecule has 0 aromatic carbocycles. The first-order valence-corrected chi connectivity index (χ1v) is 7.35. The van der Waals surface area contributed by atoms with Crippen molar-refractivity contribution < 1.29 is 14.6 Å². The summed E-state index contributed by atoms with van der Waals surface area (Å²) in [4.78, 5) is 20.4. The number of ether oxygens (including phenoxy) is 1. The maximum absolute atomic E-state index is 10.9. The molecule has 10 heteroatoms. The monoisotopic (exact) mass is 338 g/mol. The van der Waals surface area contributed by atoms with Gasteiger partial charge in [-0.1, -0.05) is 11.6 Å². The van der Waals surface area contributed by atoms with Crippen molar-refractivity contribution in [2.24, 2.45) is 0 Å². The van der Waals surface area contributed by atoms with Crippen LogP contribution in [0.1, 0.15) is 12.1 Å². The summed E-state index contributed by atoms with van der Waals surface area (Å²) in [6, 6.07) is 3.48. The Balaban J connectivity index is 1.69. The van der Waals surface area contributed by atoms with Crippen molar-refractivity contribution >= 4 is 29.3 Å². The zero-order valence-electron chi connectivity index (χ0n) is 12.3. The summed E-state index contributed by atoms with van der Waals surface area (Å²) in [7, 11) is 0. The van der Waals surface area contributed by atoms with Gasteiger partial charge in [0, 0.05) is 25.1 Å². The number of rotatable bonds is 4. The van der Waals surface area contributed by atoms with Crippen molar-refractivity contribution in [1.82, 2.24) is 25.1 Å². The fourth-order valence-corrected chi connectivity index (χ4v) is 2.46. The summed E-state index contributed by atoms with van der Waals surface area (Å²) in [5.74, 6) is 1.12. The molecule has 3 rings (SSSR count). The first-order valence-electron chi connectivity index (χ1n) is 6.98. The van der Waals surface area contributed by atoms with Crippen LogP contribution in [0.2, 0.25) is 5.15 Å². The first kappa shape index (κ1) is 15.3. The second-order valence-corrected chi connectivity index (χ2v) is 5.55. The molecule has 0 bridgehead atoms. The SMILES string of the molecule is Cc1cc(Nc2cc(Cl)nc(O[C@H]3CCN(C(=O)O)C3)n2)[nH]n1. The molecule has 3 heterocycles. The summed E-state index contributed by atoms with van der Waals surface area (Å²) < 4.78 is 5.64. The predicted octanol–water partition coefficient (Wildman–Crippen LogP) is 2.04. The number of aromatic nitrogens is 4. The zero-order valence-corrected chi connectivity index (χ0v) is 13.0. The molecule has 122 valence electrons. The number of amides is 1. The van der Waals surface area contributed by atoms with Gasteiger partial charge in [0.25, 0.3) is 0 Å². The summed E-state index contributed by atoms with van der Waals surface area (Å²) in [5.41, 5.74) is 0.837. The number of carboxylic acid groups (broad SMARTS) is 1. The van der Waals surface area contributed by atoms with E-state index in [0.717, 1.165) is 5.69 Å². The number of aryl methyl sites for hydroxylation is 1. The van der Waals surface area contributed by atoms with E-state index in [1.807, 2.05) is 13.0 Å². The lowest BCUT2D eigenvalue weighted by molar-refractivity contribution is 0.143. The quantitative estimate of drug-likeness (QED) is 0.730. The minimum atomic E-state index is -0.958. The van der Waals surface area contributed by atoms with Gasteiger partial charge in [0.05, 0.1) is 12.2 Å². The third kappa shape index (κ3) is 3.81. The number of nitrogens with one attached hydrogen (secondary N) is 2. The smallest absolute Gasteiger partial charge is 0.407 e. The number of carbonyl (C=O) groups is 1. The van der Waals surface area contributed by atoms with Crippen molar-refractivity contribution in [2.75, 3.05) is 18.4 Å². The van der Waals surface area contributed by atoms with Gasteiger partial charge < -0.3 is 20.1 Å². The summed E-state index contributed by atoms with van der Waals surface area (Å²) in [6.07, 6.45) is -0.656. The summed E-state index contributed by atoms with van der Waals surface area (Å²) in [5, 5.41) is 19.0. The average molecular weight is 339 g/mol. The van der Waals surface area contributed by atoms with Gasteiger partial charge >= 0.3 is 12.1 Å². The fraction of sp³-hybridized carbons (Fsp3) is 0.385. The second kappa shape index (κ2) is 6.29. The molecule has 2 aromatic rings. The van der Waals surface area contributed by atoms with Crippen LogP contribution in [0.4, 0.5) is 16.4 Å². The normalized spacial score (nSPS) is 17.3. The van der Waals surface area contributed by atoms with Gasteiger partial charge in [-0.15, -0.1) is 0 Å². The molecule has 0 radical (unpaired) electrons. The Bertz CT molecular complexity index is 721. The Morgan fingerprint density at radius 2 is 2.35 bits per heavy atom. The highest BCUT2D eigenvalue weighted by Crippen LogP contribution is 2.21. The van der Waals surface area contributed by atoms with E-state index in [-0.39, 0.29) is 23.8 Å². The highest BCUT2D eigenvalue weighted by Gasteiger charge is 2.28. The van der Waals surface area contributed by atoms with Gasteiger partial charge in [-0.05, 0) is 6.92 Å². The Labute approximate surface area is 136 Å². The third-order valence-corrected chi connectivity index (χ3v) is 3.52. The lowest BCUT2D eigenvalue weighted by Crippen LogP contribution is -2.29. The number of likely N-dealkylation sites (tertiary alicyclic amines) is 1. The van der Waals surface area contributed by atoms with Gasteiger partial charge in [0.15, 0.2) is 0 Å². The van der Waals surface area contributed by atoms with Crippen molar-refractivity contribution in [2.45, 2.75) is 19.4 Å². The Kier molecular flexibility index (Phi) is 4.20. The molecule has 1 amide bonds. The minimum Gasteiger partial charge on any atom is -0.465 e. The number of hydrogen-bond donors (Lipinski definition) is 3. The molecule has 0 spiro atoms. The van der Waals surface area contributed by atoms with Crippen molar-refractivity contribution in [3.05, 3.63) is 23.0 Å². The van der Waals surface area contributed by atoms with Crippen LogP contribution < -0.4 is 10.1 Å². The largest absolute Gasteiger partial charge is 0.465 e. The topological polar surface area (TPSA) is 116 Å². The van der Waals surface area contributed by atoms with Crippen LogP contribution in [0, 0.1) is 6.92 Å². The summed E-state index contributed by atoms with van der Waals surface area (Å²) in [6.45, 7) is 2.57. The molecule has 1 aliphatic heterocycles. The van der Waals surface area contributed by atoms with Crippen LogP contribution in [0.25, 0.3) is 0 Å². The van der Waals surface area contributed by atoms with Crippen LogP contribution in [0.5, 0.6) is 6.01 Å². The number of halogens is 1. The molecule has 0 aliphatic carbocycles. The van der Waals surface area contributed by atoms with Crippen LogP contribution in [0.3, 0.4) is 0 Å². The highest BCUT2D eigenvalue weighted by molar-refractivity contribution is 6.29. The van der Waals surface area contributed by atoms with E-state index in [1.54, 1.807) is 6.07 Å². The number of H-pyrrole nitrogens is 1. The number of nitrogens with zero attached hydrogens (tertiary/aromatic N) is 4. The molecule has 2 aromatic heterocycles. The van der Waals surface area contributed by atoms with E-state index in [1.165, 1.54) is 4.90 Å². The van der Waals surface area contributed by atoms with Gasteiger partial charge in [0.1, 0.15) is 22.9 Å². The van der Waals surface area contributed by atoms with Crippen LogP contribution >= 0.6 is 11.6 Å². The van der Waals surface area contributed by atoms with E-state index in [4.69, 9.17) is 21.4 Å². The van der Waals surface area contributed by atoms with Gasteiger partial charge in [-0.3, -0.25) is 5.10 Å². The molecule has 3 N–H and O–H groups in total. The molecule has 1 fully saturated rings. The van der Waals surface area contributed by atoms with Crippen molar-refractivity contribution in [3.63, 3.8) is 0 Å². The molecular formula is C13H15ClN6O3. The van der Waals surface area contributed by atoms with Gasteiger partial charge in [-0.2, -0.15) is 15.1 Å². The van der Waals surface area contributed by atoms with E-state index < -0.39 is 6.09 Å².